The number of ether oxygens (including phenoxy) is 1. The third-order valence-corrected chi connectivity index (χ3v) is 10.1. The fourth-order valence-corrected chi connectivity index (χ4v) is 7.29. The number of nitrogens with zero attached hydrogens (tertiary/aromatic N) is 3. The van der Waals surface area contributed by atoms with Crippen molar-refractivity contribution in [1.82, 2.24) is 14.7 Å². The minimum Gasteiger partial charge on any atom is -0.467 e. The van der Waals surface area contributed by atoms with Crippen LogP contribution in [0.15, 0.2) is 24.3 Å². The maximum atomic E-state index is 14.6. The van der Waals surface area contributed by atoms with Gasteiger partial charge in [-0.15, -0.1) is 0 Å². The van der Waals surface area contributed by atoms with Gasteiger partial charge in [0, 0.05) is 54.0 Å². The minimum atomic E-state index is -0.711. The van der Waals surface area contributed by atoms with Crippen LogP contribution in [0, 0.1) is 16.7 Å². The van der Waals surface area contributed by atoms with Gasteiger partial charge < -0.3 is 14.5 Å². The van der Waals surface area contributed by atoms with Crippen molar-refractivity contribution < 1.29 is 19.1 Å². The number of rotatable bonds is 5. The Morgan fingerprint density at radius 1 is 0.929 bits per heavy atom. The molecule has 7 nitrogen and oxygen atoms in total. The number of methoxy groups -OCH3 is 1. The van der Waals surface area contributed by atoms with Gasteiger partial charge in [0.2, 0.25) is 11.8 Å². The van der Waals surface area contributed by atoms with E-state index in [0.29, 0.717) is 24.5 Å². The highest BCUT2D eigenvalue weighted by molar-refractivity contribution is 6.30. The van der Waals surface area contributed by atoms with Crippen LogP contribution >= 0.6 is 11.6 Å². The van der Waals surface area contributed by atoms with Crippen molar-refractivity contribution in [2.75, 3.05) is 26.7 Å². The predicted octanol–water partition coefficient (Wildman–Crippen LogP) is 6.14. The standard InChI is InChI=1S/C34H52ClN3O4/c1-32(2,3)31(41)38(24-14-16-34(7,8)17-15-24)25-18-28(30(40)42-9)37(19-25)29(39)27-21-36(33(4,5)6)20-26(27)22-10-12-23(35)13-11-22/h10-13,24-28H,14-21H2,1-9H3/t25-,26-,27?,28-/m0/s1. The molecule has 2 aliphatic heterocycles. The fraction of sp³-hybridized carbons (Fsp3) is 0.735. The Morgan fingerprint density at radius 3 is 2.05 bits per heavy atom. The van der Waals surface area contributed by atoms with Gasteiger partial charge in [-0.25, -0.2) is 4.79 Å². The van der Waals surface area contributed by atoms with E-state index >= 15 is 0 Å². The molecule has 2 saturated heterocycles. The first-order valence-corrected chi connectivity index (χ1v) is 16.0. The number of halogens is 1. The zero-order valence-electron chi connectivity index (χ0n) is 27.2. The number of benzene rings is 1. The molecular weight excluding hydrogens is 550 g/mol. The van der Waals surface area contributed by atoms with Crippen molar-refractivity contribution in [1.29, 1.82) is 0 Å². The summed E-state index contributed by atoms with van der Waals surface area (Å²) in [6, 6.07) is 6.94. The summed E-state index contributed by atoms with van der Waals surface area (Å²) >= 11 is 6.21. The molecule has 2 heterocycles. The van der Waals surface area contributed by atoms with Gasteiger partial charge in [-0.05, 0) is 69.6 Å². The lowest BCUT2D eigenvalue weighted by molar-refractivity contribution is -0.152. The van der Waals surface area contributed by atoms with Gasteiger partial charge in [0.25, 0.3) is 0 Å². The Morgan fingerprint density at radius 2 is 1.52 bits per heavy atom. The highest BCUT2D eigenvalue weighted by atomic mass is 35.5. The van der Waals surface area contributed by atoms with Crippen LogP contribution in [0.1, 0.15) is 99.0 Å². The van der Waals surface area contributed by atoms with Gasteiger partial charge in [-0.2, -0.15) is 0 Å². The van der Waals surface area contributed by atoms with Crippen molar-refractivity contribution in [2.24, 2.45) is 16.7 Å². The molecule has 0 spiro atoms. The van der Waals surface area contributed by atoms with Gasteiger partial charge in [-0.3, -0.25) is 14.5 Å². The van der Waals surface area contributed by atoms with E-state index in [2.05, 4.69) is 44.4 Å². The summed E-state index contributed by atoms with van der Waals surface area (Å²) in [7, 11) is 1.38. The van der Waals surface area contributed by atoms with Crippen LogP contribution in [-0.4, -0.2) is 82.9 Å². The molecular formula is C34H52ClN3O4. The fourth-order valence-electron chi connectivity index (χ4n) is 7.16. The highest BCUT2D eigenvalue weighted by Gasteiger charge is 2.51. The lowest BCUT2D eigenvalue weighted by atomic mass is 9.74. The molecule has 1 aliphatic carbocycles. The van der Waals surface area contributed by atoms with Crippen LogP contribution in [0.2, 0.25) is 5.02 Å². The van der Waals surface area contributed by atoms with Gasteiger partial charge in [0.1, 0.15) is 6.04 Å². The van der Waals surface area contributed by atoms with Crippen molar-refractivity contribution >= 4 is 29.4 Å². The maximum Gasteiger partial charge on any atom is 0.328 e. The first kappa shape index (κ1) is 32.8. The minimum absolute atomic E-state index is 0.0285. The average molecular weight is 602 g/mol. The van der Waals surface area contributed by atoms with Crippen LogP contribution in [-0.2, 0) is 19.1 Å². The molecule has 42 heavy (non-hydrogen) atoms. The normalized spacial score (nSPS) is 27.2. The van der Waals surface area contributed by atoms with Gasteiger partial charge >= 0.3 is 5.97 Å². The Kier molecular flexibility index (Phi) is 9.45. The van der Waals surface area contributed by atoms with Crippen molar-refractivity contribution in [3.63, 3.8) is 0 Å². The topological polar surface area (TPSA) is 70.2 Å². The molecule has 0 radical (unpaired) electrons. The van der Waals surface area contributed by atoms with E-state index in [0.717, 1.165) is 37.8 Å². The van der Waals surface area contributed by atoms with Gasteiger partial charge in [0.05, 0.1) is 19.1 Å². The van der Waals surface area contributed by atoms with Gasteiger partial charge in [-0.1, -0.05) is 58.4 Å². The molecule has 234 valence electrons. The molecule has 3 fully saturated rings. The molecule has 0 N–H and O–H groups in total. The summed E-state index contributed by atoms with van der Waals surface area (Å²) in [5, 5.41) is 0.662. The molecule has 4 rings (SSSR count). The van der Waals surface area contributed by atoms with Crippen LogP contribution in [0.3, 0.4) is 0 Å². The molecule has 1 aromatic carbocycles. The molecule has 0 aromatic heterocycles. The number of likely N-dealkylation sites (tertiary alicyclic amines) is 2. The SMILES string of the molecule is COC(=O)[C@@H]1C[C@H](N(C(=O)C(C)(C)C)C2CCC(C)(C)CC2)CN1C(=O)C1CN(C(C)(C)C)C[C@H]1c1ccc(Cl)cc1. The number of amides is 2. The van der Waals surface area contributed by atoms with Crippen LogP contribution in [0.5, 0.6) is 0 Å². The monoisotopic (exact) mass is 601 g/mol. The molecule has 3 aliphatic rings. The van der Waals surface area contributed by atoms with E-state index in [1.807, 2.05) is 45.0 Å². The van der Waals surface area contributed by atoms with E-state index in [4.69, 9.17) is 16.3 Å². The lowest BCUT2D eigenvalue weighted by Gasteiger charge is -2.45. The first-order valence-electron chi connectivity index (χ1n) is 15.6. The molecule has 0 bridgehead atoms. The smallest absolute Gasteiger partial charge is 0.328 e. The predicted molar refractivity (Wildman–Crippen MR) is 167 cm³/mol. The van der Waals surface area contributed by atoms with E-state index in [1.165, 1.54) is 7.11 Å². The van der Waals surface area contributed by atoms with Crippen LogP contribution < -0.4 is 0 Å². The maximum absolute atomic E-state index is 14.6. The Bertz CT molecular complexity index is 1140. The zero-order chi connectivity index (χ0) is 31.2. The summed E-state index contributed by atoms with van der Waals surface area (Å²) in [6.07, 6.45) is 4.37. The summed E-state index contributed by atoms with van der Waals surface area (Å²) < 4.78 is 5.24. The van der Waals surface area contributed by atoms with E-state index in [9.17, 15) is 14.4 Å². The van der Waals surface area contributed by atoms with Crippen molar-refractivity contribution in [2.45, 2.75) is 117 Å². The molecule has 1 saturated carbocycles. The van der Waals surface area contributed by atoms with Gasteiger partial charge in [0.15, 0.2) is 0 Å². The molecule has 8 heteroatoms. The third kappa shape index (κ3) is 6.99. The Hall–Kier alpha value is -2.12. The molecule has 2 amide bonds. The largest absolute Gasteiger partial charge is 0.467 e. The Labute approximate surface area is 258 Å². The van der Waals surface area contributed by atoms with Crippen molar-refractivity contribution in [3.8, 4) is 0 Å². The van der Waals surface area contributed by atoms with E-state index in [1.54, 1.807) is 4.90 Å². The van der Waals surface area contributed by atoms with Crippen LogP contribution in [0.4, 0.5) is 0 Å². The molecule has 1 aromatic rings. The summed E-state index contributed by atoms with van der Waals surface area (Å²) in [5.41, 5.74) is 0.657. The second kappa shape index (κ2) is 12.1. The third-order valence-electron chi connectivity index (χ3n) is 9.89. The number of esters is 1. The highest BCUT2D eigenvalue weighted by Crippen LogP contribution is 2.42. The van der Waals surface area contributed by atoms with Crippen molar-refractivity contribution in [3.05, 3.63) is 34.9 Å². The summed E-state index contributed by atoms with van der Waals surface area (Å²) in [4.78, 5) is 47.9. The summed E-state index contributed by atoms with van der Waals surface area (Å²) in [5.74, 6) is -0.702. The quantitative estimate of drug-likeness (QED) is 0.379. The summed E-state index contributed by atoms with van der Waals surface area (Å²) in [6.45, 7) is 18.7. The number of hydrogen-bond donors (Lipinski definition) is 0. The van der Waals surface area contributed by atoms with E-state index in [-0.39, 0.29) is 46.7 Å². The average Bonchev–Trinajstić information content (AvgIpc) is 3.54. The zero-order valence-corrected chi connectivity index (χ0v) is 28.0. The van der Waals surface area contributed by atoms with E-state index < -0.39 is 17.4 Å². The molecule has 4 atom stereocenters. The Balaban J connectivity index is 1.67. The van der Waals surface area contributed by atoms with Crippen LogP contribution in [0.25, 0.3) is 0 Å². The lowest BCUT2D eigenvalue weighted by Crippen LogP contribution is -2.54. The second-order valence-corrected chi connectivity index (χ2v) is 16.1. The number of hydrogen-bond acceptors (Lipinski definition) is 5. The number of carbonyl (C=O) groups excluding carboxylic acids is 3. The molecule has 1 unspecified atom stereocenters. The number of carbonyl (C=O) groups is 3. The first-order chi connectivity index (χ1) is 19.4. The second-order valence-electron chi connectivity index (χ2n) is 15.6.